The minimum Gasteiger partial charge on any atom is -0.493 e. The van der Waals surface area contributed by atoms with Gasteiger partial charge in [-0.2, -0.15) is 0 Å². The highest BCUT2D eigenvalue weighted by atomic mass is 16.5. The van der Waals surface area contributed by atoms with Crippen molar-refractivity contribution in [2.75, 3.05) is 6.61 Å². The van der Waals surface area contributed by atoms with E-state index in [1.165, 1.54) is 0 Å². The fraction of sp³-hybridized carbons (Fsp3) is 0.182. The van der Waals surface area contributed by atoms with E-state index in [2.05, 4.69) is 4.98 Å². The monoisotopic (exact) mass is 344 g/mol. The highest BCUT2D eigenvalue weighted by Gasteiger charge is 2.20. The molecule has 0 bridgehead atoms. The van der Waals surface area contributed by atoms with Gasteiger partial charge in [0.15, 0.2) is 0 Å². The molecule has 4 rings (SSSR count). The Morgan fingerprint density at radius 1 is 1.00 bits per heavy atom. The van der Waals surface area contributed by atoms with Crippen molar-refractivity contribution >= 4 is 5.91 Å². The third kappa shape index (κ3) is 3.59. The number of fused-ring (bicyclic) bond motifs is 1. The van der Waals surface area contributed by atoms with Crippen LogP contribution in [-0.4, -0.2) is 22.4 Å². The van der Waals surface area contributed by atoms with Gasteiger partial charge in [0.2, 0.25) is 0 Å². The van der Waals surface area contributed by atoms with E-state index in [1.54, 1.807) is 6.20 Å². The summed E-state index contributed by atoms with van der Waals surface area (Å²) in [5.74, 6) is 0.898. The molecule has 26 heavy (non-hydrogen) atoms. The van der Waals surface area contributed by atoms with Crippen molar-refractivity contribution in [3.8, 4) is 5.75 Å². The number of amides is 1. The summed E-state index contributed by atoms with van der Waals surface area (Å²) in [6, 6.07) is 21.5. The minimum atomic E-state index is 0.00852. The van der Waals surface area contributed by atoms with Crippen molar-refractivity contribution in [2.45, 2.75) is 19.5 Å². The quantitative estimate of drug-likeness (QED) is 0.706. The molecule has 1 aliphatic heterocycles. The first kappa shape index (κ1) is 16.3. The van der Waals surface area contributed by atoms with Crippen LogP contribution in [0.1, 0.15) is 27.2 Å². The number of ether oxygens (including phenoxy) is 1. The second-order valence-electron chi connectivity index (χ2n) is 6.39. The lowest BCUT2D eigenvalue weighted by atomic mass is 10.1. The van der Waals surface area contributed by atoms with E-state index in [1.807, 2.05) is 71.6 Å². The molecule has 0 N–H and O–H groups in total. The molecule has 2 heterocycles. The van der Waals surface area contributed by atoms with Crippen LogP contribution in [0.5, 0.6) is 5.75 Å². The Balaban J connectivity index is 1.61. The third-order valence-corrected chi connectivity index (χ3v) is 4.52. The normalized spacial score (nSPS) is 12.3. The number of hydrogen-bond donors (Lipinski definition) is 0. The SMILES string of the molecule is O=C(c1ccc2c(c1)CCO2)N(Cc1ccccc1)Cc1ccccn1. The van der Waals surface area contributed by atoms with E-state index in [4.69, 9.17) is 4.74 Å². The fourth-order valence-electron chi connectivity index (χ4n) is 3.19. The van der Waals surface area contributed by atoms with E-state index in [-0.39, 0.29) is 5.91 Å². The van der Waals surface area contributed by atoms with Crippen molar-refractivity contribution in [1.82, 2.24) is 9.88 Å². The van der Waals surface area contributed by atoms with Crippen LogP contribution >= 0.6 is 0 Å². The first-order chi connectivity index (χ1) is 12.8. The summed E-state index contributed by atoms with van der Waals surface area (Å²) in [5, 5.41) is 0. The van der Waals surface area contributed by atoms with Crippen LogP contribution in [-0.2, 0) is 19.5 Å². The number of nitrogens with zero attached hydrogens (tertiary/aromatic N) is 2. The molecule has 0 saturated carbocycles. The lowest BCUT2D eigenvalue weighted by Crippen LogP contribution is -2.30. The average molecular weight is 344 g/mol. The molecule has 1 amide bonds. The van der Waals surface area contributed by atoms with Gasteiger partial charge in [0.05, 0.1) is 18.8 Å². The van der Waals surface area contributed by atoms with Crippen LogP contribution in [0.25, 0.3) is 0 Å². The molecule has 0 unspecified atom stereocenters. The lowest BCUT2D eigenvalue weighted by Gasteiger charge is -2.23. The summed E-state index contributed by atoms with van der Waals surface area (Å²) < 4.78 is 5.55. The Bertz CT molecular complexity index is 853. The molecule has 0 aliphatic carbocycles. The molecule has 0 atom stereocenters. The molecule has 0 saturated heterocycles. The van der Waals surface area contributed by atoms with Gasteiger partial charge < -0.3 is 9.64 Å². The molecule has 0 fully saturated rings. The zero-order valence-corrected chi connectivity index (χ0v) is 14.5. The predicted molar refractivity (Wildman–Crippen MR) is 99.9 cm³/mol. The van der Waals surface area contributed by atoms with E-state index in [9.17, 15) is 4.79 Å². The van der Waals surface area contributed by atoms with Crippen molar-refractivity contribution in [3.05, 3.63) is 95.3 Å². The van der Waals surface area contributed by atoms with Gasteiger partial charge in [-0.1, -0.05) is 36.4 Å². The Morgan fingerprint density at radius 2 is 1.85 bits per heavy atom. The van der Waals surface area contributed by atoms with Gasteiger partial charge in [-0.3, -0.25) is 9.78 Å². The standard InChI is InChI=1S/C22H20N2O2/c25-22(19-9-10-21-18(14-19)11-13-26-21)24(15-17-6-2-1-3-7-17)16-20-8-4-5-12-23-20/h1-10,12,14H,11,13,15-16H2. The Morgan fingerprint density at radius 3 is 2.65 bits per heavy atom. The number of benzene rings is 2. The first-order valence-corrected chi connectivity index (χ1v) is 8.78. The zero-order chi connectivity index (χ0) is 17.8. The van der Waals surface area contributed by atoms with Crippen LogP contribution in [0.2, 0.25) is 0 Å². The van der Waals surface area contributed by atoms with Crippen molar-refractivity contribution in [3.63, 3.8) is 0 Å². The van der Waals surface area contributed by atoms with E-state index < -0.39 is 0 Å². The van der Waals surface area contributed by atoms with Gasteiger partial charge in [-0.15, -0.1) is 0 Å². The van der Waals surface area contributed by atoms with Crippen molar-refractivity contribution in [2.24, 2.45) is 0 Å². The number of hydrogen-bond acceptors (Lipinski definition) is 3. The van der Waals surface area contributed by atoms with Crippen molar-refractivity contribution in [1.29, 1.82) is 0 Å². The van der Waals surface area contributed by atoms with Crippen molar-refractivity contribution < 1.29 is 9.53 Å². The third-order valence-electron chi connectivity index (χ3n) is 4.52. The zero-order valence-electron chi connectivity index (χ0n) is 14.5. The van der Waals surface area contributed by atoms with E-state index in [0.29, 0.717) is 25.3 Å². The molecule has 130 valence electrons. The van der Waals surface area contributed by atoms with Crippen LogP contribution in [0.15, 0.2) is 72.9 Å². The second-order valence-corrected chi connectivity index (χ2v) is 6.39. The lowest BCUT2D eigenvalue weighted by molar-refractivity contribution is 0.0728. The Labute approximate surface area is 153 Å². The van der Waals surface area contributed by atoms with Crippen LogP contribution in [0, 0.1) is 0 Å². The van der Waals surface area contributed by atoms with Gasteiger partial charge in [-0.25, -0.2) is 0 Å². The molecular weight excluding hydrogens is 324 g/mol. The maximum Gasteiger partial charge on any atom is 0.254 e. The number of aromatic nitrogens is 1. The summed E-state index contributed by atoms with van der Waals surface area (Å²) in [6.07, 6.45) is 2.61. The molecule has 2 aromatic carbocycles. The van der Waals surface area contributed by atoms with Crippen LogP contribution in [0.4, 0.5) is 0 Å². The molecule has 3 aromatic rings. The molecule has 4 heteroatoms. The highest BCUT2D eigenvalue weighted by molar-refractivity contribution is 5.94. The van der Waals surface area contributed by atoms with Gasteiger partial charge in [0.1, 0.15) is 5.75 Å². The Hall–Kier alpha value is -3.14. The van der Waals surface area contributed by atoms with Gasteiger partial charge in [0.25, 0.3) is 5.91 Å². The molecule has 1 aromatic heterocycles. The summed E-state index contributed by atoms with van der Waals surface area (Å²) in [6.45, 7) is 1.71. The number of carbonyl (C=O) groups excluding carboxylic acids is 1. The summed E-state index contributed by atoms with van der Waals surface area (Å²) in [4.78, 5) is 19.4. The molecule has 0 spiro atoms. The van der Waals surface area contributed by atoms with E-state index in [0.717, 1.165) is 29.0 Å². The molecule has 4 nitrogen and oxygen atoms in total. The van der Waals surface area contributed by atoms with Crippen LogP contribution < -0.4 is 4.74 Å². The largest absolute Gasteiger partial charge is 0.493 e. The maximum atomic E-state index is 13.2. The predicted octanol–water partition coefficient (Wildman–Crippen LogP) is 3.86. The highest BCUT2D eigenvalue weighted by Crippen LogP contribution is 2.26. The first-order valence-electron chi connectivity index (χ1n) is 8.78. The number of pyridine rings is 1. The van der Waals surface area contributed by atoms with Gasteiger partial charge in [-0.05, 0) is 41.5 Å². The molecule has 0 radical (unpaired) electrons. The summed E-state index contributed by atoms with van der Waals surface area (Å²) >= 11 is 0. The topological polar surface area (TPSA) is 42.4 Å². The number of carbonyl (C=O) groups is 1. The van der Waals surface area contributed by atoms with Gasteiger partial charge >= 0.3 is 0 Å². The van der Waals surface area contributed by atoms with E-state index >= 15 is 0 Å². The fourth-order valence-corrected chi connectivity index (χ4v) is 3.19. The smallest absolute Gasteiger partial charge is 0.254 e. The number of rotatable bonds is 5. The summed E-state index contributed by atoms with van der Waals surface area (Å²) in [7, 11) is 0. The molecule has 1 aliphatic rings. The summed E-state index contributed by atoms with van der Waals surface area (Å²) in [5.41, 5.74) is 3.78. The molecular formula is C22H20N2O2. The average Bonchev–Trinajstić information content (AvgIpc) is 3.16. The van der Waals surface area contributed by atoms with Gasteiger partial charge in [0, 0.05) is 24.7 Å². The second kappa shape index (κ2) is 7.40. The maximum absolute atomic E-state index is 13.2. The van der Waals surface area contributed by atoms with Crippen LogP contribution in [0.3, 0.4) is 0 Å². The Kier molecular flexibility index (Phi) is 4.65. The minimum absolute atomic E-state index is 0.00852.